The molecule has 0 N–H and O–H groups in total. The van der Waals surface area contributed by atoms with Crippen molar-refractivity contribution in [3.05, 3.63) is 66.4 Å². The molecule has 0 bridgehead atoms. The van der Waals surface area contributed by atoms with Crippen molar-refractivity contribution in [1.82, 2.24) is 0 Å². The topological polar surface area (TPSA) is 24.7 Å². The summed E-state index contributed by atoms with van der Waals surface area (Å²) in [5.41, 5.74) is 3.62. The quantitative estimate of drug-likeness (QED) is 0.509. The Morgan fingerprint density at radius 3 is 2.31 bits per heavy atom. The molecule has 1 aromatic rings. The molecular weight excluding hydrogens is 196 g/mol. The predicted molar refractivity (Wildman–Crippen MR) is 68.8 cm³/mol. The van der Waals surface area contributed by atoms with E-state index in [-0.39, 0.29) is 0 Å². The molecule has 0 fully saturated rings. The van der Waals surface area contributed by atoms with Crippen LogP contribution in [0, 0.1) is 6.92 Å². The van der Waals surface area contributed by atoms with Gasteiger partial charge in [-0.05, 0) is 32.1 Å². The lowest BCUT2D eigenvalue weighted by molar-refractivity contribution is 1.17. The zero-order chi connectivity index (χ0) is 12.0. The van der Waals surface area contributed by atoms with Crippen molar-refractivity contribution in [2.75, 3.05) is 0 Å². The lowest BCUT2D eigenvalue weighted by Crippen LogP contribution is -1.70. The Balaban J connectivity index is 2.63. The monoisotopic (exact) mass is 212 g/mol. The van der Waals surface area contributed by atoms with Crippen LogP contribution in [0.2, 0.25) is 0 Å². The van der Waals surface area contributed by atoms with E-state index in [0.717, 1.165) is 11.3 Å². The summed E-state index contributed by atoms with van der Waals surface area (Å²) in [4.78, 5) is 0. The Kier molecular flexibility index (Phi) is 4.40. The largest absolute Gasteiger partial charge is 0.151 e. The Morgan fingerprint density at radius 1 is 1.12 bits per heavy atom. The fourth-order valence-electron chi connectivity index (χ4n) is 1.01. The highest BCUT2D eigenvalue weighted by Gasteiger charge is 1.88. The van der Waals surface area contributed by atoms with E-state index in [1.165, 1.54) is 5.56 Å². The molecule has 0 radical (unpaired) electrons. The molecule has 0 amide bonds. The second kappa shape index (κ2) is 5.81. The van der Waals surface area contributed by atoms with Gasteiger partial charge in [0.15, 0.2) is 0 Å². The van der Waals surface area contributed by atoms with Crippen LogP contribution < -0.4 is 0 Å². The fraction of sp³-hybridized carbons (Fsp3) is 0.143. The first-order valence-electron chi connectivity index (χ1n) is 5.09. The van der Waals surface area contributed by atoms with Crippen LogP contribution in [0.15, 0.2) is 71.1 Å². The molecule has 0 heterocycles. The summed E-state index contributed by atoms with van der Waals surface area (Å²) < 4.78 is 0. The maximum Gasteiger partial charge on any atom is 0.0857 e. The highest BCUT2D eigenvalue weighted by atomic mass is 15.1. The van der Waals surface area contributed by atoms with E-state index in [0.29, 0.717) is 5.70 Å². The maximum atomic E-state index is 4.07. The minimum absolute atomic E-state index is 0.614. The van der Waals surface area contributed by atoms with Crippen molar-refractivity contribution in [1.29, 1.82) is 0 Å². The highest BCUT2D eigenvalue weighted by Crippen LogP contribution is 2.14. The molecule has 0 aromatic heterocycles. The van der Waals surface area contributed by atoms with E-state index in [1.54, 1.807) is 6.08 Å². The van der Waals surface area contributed by atoms with Crippen LogP contribution in [0.1, 0.15) is 12.5 Å². The Bertz CT molecular complexity index is 436. The molecule has 2 nitrogen and oxygen atoms in total. The molecule has 1 rings (SSSR count). The van der Waals surface area contributed by atoms with Gasteiger partial charge in [0.2, 0.25) is 0 Å². The first-order valence-corrected chi connectivity index (χ1v) is 5.09. The molecule has 0 aliphatic heterocycles. The predicted octanol–water partition coefficient (Wildman–Crippen LogP) is 4.72. The number of azo groups is 1. The van der Waals surface area contributed by atoms with Gasteiger partial charge in [0.25, 0.3) is 0 Å². The number of aryl methyl sites for hydroxylation is 1. The van der Waals surface area contributed by atoms with E-state index < -0.39 is 0 Å². The zero-order valence-electron chi connectivity index (χ0n) is 9.77. The van der Waals surface area contributed by atoms with E-state index in [1.807, 2.05) is 44.2 Å². The van der Waals surface area contributed by atoms with Crippen molar-refractivity contribution in [2.24, 2.45) is 10.2 Å². The SMILES string of the molecule is C=C(C)/C=C\C(=C)N=Nc1ccc(C)cc1. The summed E-state index contributed by atoms with van der Waals surface area (Å²) >= 11 is 0. The van der Waals surface area contributed by atoms with Crippen molar-refractivity contribution in [3.63, 3.8) is 0 Å². The standard InChI is InChI=1S/C14H16N2/c1-11(2)5-8-13(4)15-16-14-9-6-12(3)7-10-14/h5-10H,1,4H2,2-3H3/b8-5-,16-15?. The highest BCUT2D eigenvalue weighted by molar-refractivity contribution is 5.38. The number of benzene rings is 1. The summed E-state index contributed by atoms with van der Waals surface area (Å²) in [5.74, 6) is 0. The average molecular weight is 212 g/mol. The number of allylic oxidation sites excluding steroid dienone is 3. The van der Waals surface area contributed by atoms with Gasteiger partial charge in [-0.15, -0.1) is 0 Å². The summed E-state index contributed by atoms with van der Waals surface area (Å²) in [5, 5.41) is 8.07. The fourth-order valence-corrected chi connectivity index (χ4v) is 1.01. The molecule has 16 heavy (non-hydrogen) atoms. The van der Waals surface area contributed by atoms with Crippen molar-refractivity contribution >= 4 is 5.69 Å². The van der Waals surface area contributed by atoms with E-state index in [2.05, 4.69) is 23.4 Å². The Morgan fingerprint density at radius 2 is 1.75 bits per heavy atom. The van der Waals surface area contributed by atoms with Gasteiger partial charge in [-0.3, -0.25) is 0 Å². The Labute approximate surface area is 96.7 Å². The van der Waals surface area contributed by atoms with Crippen molar-refractivity contribution < 1.29 is 0 Å². The van der Waals surface area contributed by atoms with Gasteiger partial charge in [0.05, 0.1) is 11.4 Å². The second-order valence-electron chi connectivity index (χ2n) is 3.71. The second-order valence-corrected chi connectivity index (χ2v) is 3.71. The molecule has 0 atom stereocenters. The summed E-state index contributed by atoms with van der Waals surface area (Å²) in [6.45, 7) is 11.5. The van der Waals surface area contributed by atoms with Gasteiger partial charge in [-0.1, -0.05) is 42.5 Å². The van der Waals surface area contributed by atoms with Crippen LogP contribution >= 0.6 is 0 Å². The lowest BCUT2D eigenvalue weighted by atomic mass is 10.2. The van der Waals surface area contributed by atoms with Gasteiger partial charge in [0, 0.05) is 0 Å². The number of hydrogen-bond acceptors (Lipinski definition) is 2. The number of rotatable bonds is 4. The molecule has 0 saturated heterocycles. The van der Waals surface area contributed by atoms with E-state index in [9.17, 15) is 0 Å². The van der Waals surface area contributed by atoms with Gasteiger partial charge < -0.3 is 0 Å². The molecule has 2 heteroatoms. The lowest BCUT2D eigenvalue weighted by Gasteiger charge is -1.93. The maximum absolute atomic E-state index is 4.07. The molecule has 82 valence electrons. The summed E-state index contributed by atoms with van der Waals surface area (Å²) in [7, 11) is 0. The minimum atomic E-state index is 0.614. The summed E-state index contributed by atoms with van der Waals surface area (Å²) in [6.07, 6.45) is 3.65. The molecule has 0 aliphatic rings. The minimum Gasteiger partial charge on any atom is -0.151 e. The van der Waals surface area contributed by atoms with Crippen molar-refractivity contribution in [3.8, 4) is 0 Å². The molecule has 0 unspecified atom stereocenters. The molecular formula is C14H16N2. The molecule has 1 aromatic carbocycles. The third kappa shape index (κ3) is 4.51. The van der Waals surface area contributed by atoms with Crippen LogP contribution in [0.5, 0.6) is 0 Å². The van der Waals surface area contributed by atoms with E-state index in [4.69, 9.17) is 0 Å². The molecule has 0 aliphatic carbocycles. The van der Waals surface area contributed by atoms with Gasteiger partial charge >= 0.3 is 0 Å². The average Bonchev–Trinajstić information content (AvgIpc) is 2.25. The third-order valence-electron chi connectivity index (χ3n) is 1.89. The normalized spacial score (nSPS) is 11.1. The number of hydrogen-bond donors (Lipinski definition) is 0. The summed E-state index contributed by atoms with van der Waals surface area (Å²) in [6, 6.07) is 7.85. The zero-order valence-corrected chi connectivity index (χ0v) is 9.77. The smallest absolute Gasteiger partial charge is 0.0857 e. The molecule has 0 saturated carbocycles. The van der Waals surface area contributed by atoms with E-state index >= 15 is 0 Å². The van der Waals surface area contributed by atoms with Crippen LogP contribution in [0.3, 0.4) is 0 Å². The van der Waals surface area contributed by atoms with Crippen LogP contribution in [0.4, 0.5) is 5.69 Å². The molecule has 0 spiro atoms. The van der Waals surface area contributed by atoms with Crippen LogP contribution in [-0.4, -0.2) is 0 Å². The Hall–Kier alpha value is -1.96. The van der Waals surface area contributed by atoms with Crippen LogP contribution in [-0.2, 0) is 0 Å². The number of nitrogens with zero attached hydrogens (tertiary/aromatic N) is 2. The van der Waals surface area contributed by atoms with Gasteiger partial charge in [-0.2, -0.15) is 10.2 Å². The third-order valence-corrected chi connectivity index (χ3v) is 1.89. The van der Waals surface area contributed by atoms with Gasteiger partial charge in [0.1, 0.15) is 0 Å². The van der Waals surface area contributed by atoms with Crippen molar-refractivity contribution in [2.45, 2.75) is 13.8 Å². The van der Waals surface area contributed by atoms with Gasteiger partial charge in [-0.25, -0.2) is 0 Å². The first-order chi connectivity index (χ1) is 7.58. The van der Waals surface area contributed by atoms with Crippen LogP contribution in [0.25, 0.3) is 0 Å². The first kappa shape index (κ1) is 12.1.